The molecule has 0 aliphatic carbocycles. The molecule has 0 unspecified atom stereocenters. The number of anilines is 1. The second-order valence-electron chi connectivity index (χ2n) is 7.08. The number of benzene rings is 2. The molecule has 0 bridgehead atoms. The van der Waals surface area contributed by atoms with Gasteiger partial charge in [-0.15, -0.1) is 11.3 Å². The van der Waals surface area contributed by atoms with Crippen molar-refractivity contribution in [3.8, 4) is 22.8 Å². The lowest BCUT2D eigenvalue weighted by molar-refractivity contribution is 0.353. The maximum absolute atomic E-state index is 13.7. The Bertz CT molecular complexity index is 1210. The topological polar surface area (TPSA) is 72.0 Å². The fourth-order valence-electron chi connectivity index (χ4n) is 3.49. The molecule has 1 saturated heterocycles. The zero-order valence-corrected chi connectivity index (χ0v) is 19.8. The maximum atomic E-state index is 13.7. The van der Waals surface area contributed by atoms with Crippen LogP contribution in [0.15, 0.2) is 46.7 Å². The van der Waals surface area contributed by atoms with Crippen LogP contribution in [0.4, 0.5) is 9.52 Å². The minimum atomic E-state index is -3.67. The van der Waals surface area contributed by atoms with Crippen molar-refractivity contribution in [2.24, 2.45) is 0 Å². The molecule has 170 valence electrons. The standard InChI is InChI=1S/C21H21ClFN3O4S2/c1-29-19-4-3-17(12-20(19)30-2)32(27,28)26-7-5-25(6-8-26)21-24-18(13-31-21)14-9-15(22)11-16(23)10-14/h3-4,9-13H,5-8H2,1-2H3. The summed E-state index contributed by atoms with van der Waals surface area (Å²) in [5.74, 6) is 0.409. The van der Waals surface area contributed by atoms with Gasteiger partial charge in [-0.25, -0.2) is 17.8 Å². The van der Waals surface area contributed by atoms with Crippen molar-refractivity contribution < 1.29 is 22.3 Å². The van der Waals surface area contributed by atoms with Gasteiger partial charge in [-0.1, -0.05) is 11.6 Å². The first-order valence-corrected chi connectivity index (χ1v) is 12.4. The number of rotatable bonds is 6. The van der Waals surface area contributed by atoms with E-state index in [2.05, 4.69) is 4.98 Å². The normalized spacial score (nSPS) is 15.1. The van der Waals surface area contributed by atoms with E-state index in [0.717, 1.165) is 5.13 Å². The first-order valence-electron chi connectivity index (χ1n) is 9.71. The van der Waals surface area contributed by atoms with Crippen LogP contribution in [0.25, 0.3) is 11.3 Å². The highest BCUT2D eigenvalue weighted by Gasteiger charge is 2.30. The highest BCUT2D eigenvalue weighted by Crippen LogP contribution is 2.33. The molecule has 0 radical (unpaired) electrons. The number of methoxy groups -OCH3 is 2. The van der Waals surface area contributed by atoms with E-state index in [1.807, 2.05) is 10.3 Å². The zero-order chi connectivity index (χ0) is 22.9. The Kier molecular flexibility index (Phi) is 6.57. The van der Waals surface area contributed by atoms with Crippen molar-refractivity contribution in [1.82, 2.24) is 9.29 Å². The Balaban J connectivity index is 1.47. The third-order valence-corrected chi connectivity index (χ3v) is 8.17. The molecule has 0 atom stereocenters. The number of aromatic nitrogens is 1. The van der Waals surface area contributed by atoms with Gasteiger partial charge in [0.1, 0.15) is 5.82 Å². The Morgan fingerprint density at radius 1 is 1.03 bits per heavy atom. The summed E-state index contributed by atoms with van der Waals surface area (Å²) in [4.78, 5) is 6.77. The van der Waals surface area contributed by atoms with E-state index < -0.39 is 15.8 Å². The predicted octanol–water partition coefficient (Wildman–Crippen LogP) is 4.13. The second kappa shape index (κ2) is 9.22. The Labute approximate surface area is 195 Å². The monoisotopic (exact) mass is 497 g/mol. The van der Waals surface area contributed by atoms with Gasteiger partial charge in [0.05, 0.1) is 24.8 Å². The number of sulfonamides is 1. The molecule has 2 aromatic carbocycles. The van der Waals surface area contributed by atoms with Gasteiger partial charge in [0, 0.05) is 48.2 Å². The van der Waals surface area contributed by atoms with Crippen LogP contribution in [-0.2, 0) is 10.0 Å². The van der Waals surface area contributed by atoms with Crippen LogP contribution < -0.4 is 14.4 Å². The van der Waals surface area contributed by atoms with Crippen molar-refractivity contribution in [1.29, 1.82) is 0 Å². The molecule has 32 heavy (non-hydrogen) atoms. The van der Waals surface area contributed by atoms with E-state index in [4.69, 9.17) is 21.1 Å². The first kappa shape index (κ1) is 22.8. The molecule has 0 saturated carbocycles. The van der Waals surface area contributed by atoms with Crippen LogP contribution >= 0.6 is 22.9 Å². The van der Waals surface area contributed by atoms with Gasteiger partial charge >= 0.3 is 0 Å². The molecule has 4 rings (SSSR count). The molecule has 2 heterocycles. The molecule has 0 amide bonds. The van der Waals surface area contributed by atoms with Gasteiger partial charge < -0.3 is 14.4 Å². The molecule has 7 nitrogen and oxygen atoms in total. The van der Waals surface area contributed by atoms with Gasteiger partial charge in [0.15, 0.2) is 16.6 Å². The average Bonchev–Trinajstić information content (AvgIpc) is 3.28. The highest BCUT2D eigenvalue weighted by atomic mass is 35.5. The van der Waals surface area contributed by atoms with E-state index in [1.54, 1.807) is 12.1 Å². The number of thiazole rings is 1. The van der Waals surface area contributed by atoms with Gasteiger partial charge in [0.2, 0.25) is 10.0 Å². The summed E-state index contributed by atoms with van der Waals surface area (Å²) in [5, 5.41) is 2.90. The largest absolute Gasteiger partial charge is 0.493 e. The van der Waals surface area contributed by atoms with E-state index in [1.165, 1.54) is 54.1 Å². The summed E-state index contributed by atoms with van der Waals surface area (Å²) in [5.41, 5.74) is 1.24. The SMILES string of the molecule is COc1ccc(S(=O)(=O)N2CCN(c3nc(-c4cc(F)cc(Cl)c4)cs3)CC2)cc1OC. The summed E-state index contributed by atoms with van der Waals surface area (Å²) in [6.45, 7) is 1.61. The quantitative estimate of drug-likeness (QED) is 0.510. The Morgan fingerprint density at radius 3 is 2.41 bits per heavy atom. The molecular weight excluding hydrogens is 477 g/mol. The van der Waals surface area contributed by atoms with E-state index >= 15 is 0 Å². The second-order valence-corrected chi connectivity index (χ2v) is 10.3. The van der Waals surface area contributed by atoms with Gasteiger partial charge in [-0.05, 0) is 30.3 Å². The van der Waals surface area contributed by atoms with Crippen LogP contribution in [0.5, 0.6) is 11.5 Å². The van der Waals surface area contributed by atoms with Crippen molar-refractivity contribution in [3.63, 3.8) is 0 Å². The number of hydrogen-bond acceptors (Lipinski definition) is 7. The number of ether oxygens (including phenoxy) is 2. The molecule has 1 aromatic heterocycles. The lowest BCUT2D eigenvalue weighted by atomic mass is 10.2. The van der Waals surface area contributed by atoms with E-state index in [9.17, 15) is 12.8 Å². The van der Waals surface area contributed by atoms with Crippen LogP contribution in [0.2, 0.25) is 5.02 Å². The Morgan fingerprint density at radius 2 is 1.75 bits per heavy atom. The van der Waals surface area contributed by atoms with E-state index in [0.29, 0.717) is 54.0 Å². The lowest BCUT2D eigenvalue weighted by Crippen LogP contribution is -2.48. The first-order chi connectivity index (χ1) is 15.3. The summed E-state index contributed by atoms with van der Waals surface area (Å²) in [6.07, 6.45) is 0. The van der Waals surface area contributed by atoms with Gasteiger partial charge in [0.25, 0.3) is 0 Å². The molecule has 11 heteroatoms. The maximum Gasteiger partial charge on any atom is 0.243 e. The fourth-order valence-corrected chi connectivity index (χ4v) is 6.04. The van der Waals surface area contributed by atoms with Crippen LogP contribution in [0.3, 0.4) is 0 Å². The third-order valence-electron chi connectivity index (χ3n) is 5.15. The molecule has 1 fully saturated rings. The van der Waals surface area contributed by atoms with Crippen molar-refractivity contribution in [2.45, 2.75) is 4.90 Å². The van der Waals surface area contributed by atoms with Crippen LogP contribution in [0, 0.1) is 5.82 Å². The molecule has 0 N–H and O–H groups in total. The minimum absolute atomic E-state index is 0.156. The summed E-state index contributed by atoms with van der Waals surface area (Å²) in [6, 6.07) is 8.86. The zero-order valence-electron chi connectivity index (χ0n) is 17.4. The Hall–Kier alpha value is -2.40. The molecule has 3 aromatic rings. The fraction of sp³-hybridized carbons (Fsp3) is 0.286. The number of halogens is 2. The highest BCUT2D eigenvalue weighted by molar-refractivity contribution is 7.89. The summed E-state index contributed by atoms with van der Waals surface area (Å²) >= 11 is 7.38. The third kappa shape index (κ3) is 4.54. The number of nitrogens with zero attached hydrogens (tertiary/aromatic N) is 3. The molecule has 0 spiro atoms. The summed E-state index contributed by atoms with van der Waals surface area (Å²) < 4.78 is 51.7. The van der Waals surface area contributed by atoms with E-state index in [-0.39, 0.29) is 4.90 Å². The van der Waals surface area contributed by atoms with Crippen LogP contribution in [-0.4, -0.2) is 58.1 Å². The van der Waals surface area contributed by atoms with Gasteiger partial charge in [-0.2, -0.15) is 4.31 Å². The average molecular weight is 498 g/mol. The van der Waals surface area contributed by atoms with Crippen molar-refractivity contribution in [2.75, 3.05) is 45.3 Å². The lowest BCUT2D eigenvalue weighted by Gasteiger charge is -2.33. The van der Waals surface area contributed by atoms with Gasteiger partial charge in [-0.3, -0.25) is 0 Å². The van der Waals surface area contributed by atoms with Crippen molar-refractivity contribution >= 4 is 38.1 Å². The van der Waals surface area contributed by atoms with Crippen LogP contribution in [0.1, 0.15) is 0 Å². The summed E-state index contributed by atoms with van der Waals surface area (Å²) in [7, 11) is -0.711. The minimum Gasteiger partial charge on any atom is -0.493 e. The molecular formula is C21H21ClFN3O4S2. The van der Waals surface area contributed by atoms with Crippen molar-refractivity contribution in [3.05, 3.63) is 52.6 Å². The smallest absolute Gasteiger partial charge is 0.243 e. The number of hydrogen-bond donors (Lipinski definition) is 0. The predicted molar refractivity (Wildman–Crippen MR) is 123 cm³/mol. The molecule has 1 aliphatic heterocycles. The number of piperazine rings is 1. The molecule has 1 aliphatic rings.